The van der Waals surface area contributed by atoms with E-state index in [0.717, 1.165) is 25.8 Å². The van der Waals surface area contributed by atoms with Crippen LogP contribution in [0.1, 0.15) is 29.8 Å². The molecule has 0 unspecified atom stereocenters. The molecule has 2 N–H and O–H groups in total. The first kappa shape index (κ1) is 15.4. The van der Waals surface area contributed by atoms with Crippen molar-refractivity contribution in [3.8, 4) is 0 Å². The summed E-state index contributed by atoms with van der Waals surface area (Å²) in [5, 5.41) is 10.9. The summed E-state index contributed by atoms with van der Waals surface area (Å²) in [6.07, 6.45) is 3.99. The number of amides is 2. The molecule has 106 valence electrons. The maximum Gasteiger partial charge on any atom is 0.293 e. The van der Waals surface area contributed by atoms with Gasteiger partial charge in [-0.15, -0.1) is 0 Å². The first-order chi connectivity index (χ1) is 9.13. The number of nitrogens with one attached hydrogen (secondary N) is 1. The topological polar surface area (TPSA) is 82.8 Å². The van der Waals surface area contributed by atoms with E-state index in [2.05, 4.69) is 5.32 Å². The van der Waals surface area contributed by atoms with Crippen LogP contribution in [0.2, 0.25) is 0 Å². The van der Waals surface area contributed by atoms with Gasteiger partial charge in [-0.3, -0.25) is 19.8 Å². The number of aliphatic hydroxyl groups excluding tert-OH is 1. The lowest BCUT2D eigenvalue weighted by molar-refractivity contribution is -0.121. The molecule has 0 atom stereocenters. The van der Waals surface area contributed by atoms with Gasteiger partial charge in [0.25, 0.3) is 5.91 Å². The SMILES string of the molecule is CN(CCCCCO)CC(=O)NC(=O)c1ccco1. The van der Waals surface area contributed by atoms with Gasteiger partial charge in [-0.05, 0) is 45.0 Å². The number of rotatable bonds is 8. The molecule has 0 aliphatic carbocycles. The van der Waals surface area contributed by atoms with Crippen LogP contribution in [0.15, 0.2) is 22.8 Å². The van der Waals surface area contributed by atoms with Crippen LogP contribution >= 0.6 is 0 Å². The lowest BCUT2D eigenvalue weighted by Crippen LogP contribution is -2.38. The molecule has 2 amide bonds. The van der Waals surface area contributed by atoms with Crippen molar-refractivity contribution in [2.75, 3.05) is 26.7 Å². The highest BCUT2D eigenvalue weighted by molar-refractivity contribution is 6.03. The van der Waals surface area contributed by atoms with E-state index in [4.69, 9.17) is 9.52 Å². The summed E-state index contributed by atoms with van der Waals surface area (Å²) in [5.74, 6) is -0.756. The van der Waals surface area contributed by atoms with Crippen molar-refractivity contribution >= 4 is 11.8 Å². The Morgan fingerprint density at radius 3 is 2.79 bits per heavy atom. The summed E-state index contributed by atoms with van der Waals surface area (Å²) in [5.41, 5.74) is 0. The Hall–Kier alpha value is -1.66. The maximum absolute atomic E-state index is 11.6. The fraction of sp³-hybridized carbons (Fsp3) is 0.538. The van der Waals surface area contributed by atoms with Crippen LogP contribution in [0.25, 0.3) is 0 Å². The normalized spacial score (nSPS) is 10.7. The van der Waals surface area contributed by atoms with Crippen LogP contribution in [0, 0.1) is 0 Å². The average molecular weight is 268 g/mol. The minimum atomic E-state index is -0.524. The highest BCUT2D eigenvalue weighted by atomic mass is 16.3. The molecule has 1 rings (SSSR count). The lowest BCUT2D eigenvalue weighted by atomic mass is 10.2. The zero-order valence-electron chi connectivity index (χ0n) is 11.1. The molecular weight excluding hydrogens is 248 g/mol. The Morgan fingerprint density at radius 2 is 2.16 bits per heavy atom. The number of carbonyl (C=O) groups is 2. The van der Waals surface area contributed by atoms with Crippen molar-refractivity contribution in [3.05, 3.63) is 24.2 Å². The molecule has 1 heterocycles. The number of carbonyl (C=O) groups excluding carboxylic acids is 2. The molecule has 19 heavy (non-hydrogen) atoms. The van der Waals surface area contributed by atoms with Crippen LogP contribution in [-0.4, -0.2) is 48.6 Å². The zero-order chi connectivity index (χ0) is 14.1. The largest absolute Gasteiger partial charge is 0.459 e. The Bertz CT molecular complexity index is 389. The van der Waals surface area contributed by atoms with Gasteiger partial charge in [-0.1, -0.05) is 0 Å². The van der Waals surface area contributed by atoms with Crippen molar-refractivity contribution in [3.63, 3.8) is 0 Å². The van der Waals surface area contributed by atoms with Crippen LogP contribution in [0.5, 0.6) is 0 Å². The van der Waals surface area contributed by atoms with Crippen molar-refractivity contribution in [2.24, 2.45) is 0 Å². The van der Waals surface area contributed by atoms with E-state index < -0.39 is 5.91 Å². The molecule has 0 saturated carbocycles. The first-order valence-corrected chi connectivity index (χ1v) is 6.30. The quantitative estimate of drug-likeness (QED) is 0.676. The number of nitrogens with zero attached hydrogens (tertiary/aromatic N) is 1. The monoisotopic (exact) mass is 268 g/mol. The highest BCUT2D eigenvalue weighted by Gasteiger charge is 2.13. The van der Waals surface area contributed by atoms with E-state index in [-0.39, 0.29) is 24.8 Å². The highest BCUT2D eigenvalue weighted by Crippen LogP contribution is 1.99. The minimum Gasteiger partial charge on any atom is -0.459 e. The maximum atomic E-state index is 11.6. The summed E-state index contributed by atoms with van der Waals surface area (Å²) < 4.78 is 4.89. The van der Waals surface area contributed by atoms with E-state index in [0.29, 0.717) is 0 Å². The van der Waals surface area contributed by atoms with Gasteiger partial charge in [0.15, 0.2) is 5.76 Å². The van der Waals surface area contributed by atoms with E-state index in [1.807, 2.05) is 11.9 Å². The van der Waals surface area contributed by atoms with Gasteiger partial charge in [-0.2, -0.15) is 0 Å². The molecule has 0 aliphatic heterocycles. The van der Waals surface area contributed by atoms with E-state index in [1.165, 1.54) is 12.3 Å². The third-order valence-electron chi connectivity index (χ3n) is 2.61. The predicted molar refractivity (Wildman–Crippen MR) is 69.6 cm³/mol. The van der Waals surface area contributed by atoms with Crippen molar-refractivity contribution in [1.82, 2.24) is 10.2 Å². The smallest absolute Gasteiger partial charge is 0.293 e. The first-order valence-electron chi connectivity index (χ1n) is 6.30. The summed E-state index contributed by atoms with van der Waals surface area (Å²) in [4.78, 5) is 25.0. The second-order valence-corrected chi connectivity index (χ2v) is 4.38. The van der Waals surface area contributed by atoms with Crippen LogP contribution < -0.4 is 5.32 Å². The molecule has 1 aromatic heterocycles. The van der Waals surface area contributed by atoms with Crippen LogP contribution in [0.4, 0.5) is 0 Å². The Morgan fingerprint density at radius 1 is 1.37 bits per heavy atom. The molecule has 0 bridgehead atoms. The number of unbranched alkanes of at least 4 members (excludes halogenated alkanes) is 2. The molecule has 0 radical (unpaired) electrons. The second-order valence-electron chi connectivity index (χ2n) is 4.38. The van der Waals surface area contributed by atoms with Gasteiger partial charge >= 0.3 is 0 Å². The number of hydrogen-bond acceptors (Lipinski definition) is 5. The van der Waals surface area contributed by atoms with Gasteiger partial charge in [0, 0.05) is 6.61 Å². The van der Waals surface area contributed by atoms with E-state index >= 15 is 0 Å². The molecule has 0 aromatic carbocycles. The number of imide groups is 1. The number of aliphatic hydroxyl groups is 1. The molecular formula is C13H20N2O4. The van der Waals surface area contributed by atoms with Crippen LogP contribution in [-0.2, 0) is 4.79 Å². The van der Waals surface area contributed by atoms with E-state index in [9.17, 15) is 9.59 Å². The summed E-state index contributed by atoms with van der Waals surface area (Å²) in [6.45, 7) is 1.11. The number of furan rings is 1. The van der Waals surface area contributed by atoms with Crippen molar-refractivity contribution in [1.29, 1.82) is 0 Å². The average Bonchev–Trinajstić information content (AvgIpc) is 2.88. The molecule has 0 spiro atoms. The lowest BCUT2D eigenvalue weighted by Gasteiger charge is -2.15. The number of hydrogen-bond donors (Lipinski definition) is 2. The fourth-order valence-corrected chi connectivity index (χ4v) is 1.63. The summed E-state index contributed by atoms with van der Waals surface area (Å²) in [6, 6.07) is 3.09. The zero-order valence-corrected chi connectivity index (χ0v) is 11.1. The third kappa shape index (κ3) is 6.17. The molecule has 6 heteroatoms. The molecule has 0 fully saturated rings. The van der Waals surface area contributed by atoms with Gasteiger partial charge in [0.2, 0.25) is 5.91 Å². The predicted octanol–water partition coefficient (Wildman–Crippen LogP) is 0.630. The summed E-state index contributed by atoms with van der Waals surface area (Å²) >= 11 is 0. The van der Waals surface area contributed by atoms with Gasteiger partial charge < -0.3 is 9.52 Å². The Kier molecular flexibility index (Phi) is 6.84. The molecule has 0 aliphatic rings. The standard InChI is InChI=1S/C13H20N2O4/c1-15(7-3-2-4-8-16)10-12(17)14-13(18)11-6-5-9-19-11/h5-6,9,16H,2-4,7-8,10H2,1H3,(H,14,17,18). The Labute approximate surface area is 112 Å². The fourth-order valence-electron chi connectivity index (χ4n) is 1.63. The van der Waals surface area contributed by atoms with E-state index in [1.54, 1.807) is 6.07 Å². The second kappa shape index (κ2) is 8.44. The van der Waals surface area contributed by atoms with Gasteiger partial charge in [0.05, 0.1) is 12.8 Å². The van der Waals surface area contributed by atoms with Crippen molar-refractivity contribution in [2.45, 2.75) is 19.3 Å². The third-order valence-corrected chi connectivity index (χ3v) is 2.61. The molecule has 6 nitrogen and oxygen atoms in total. The molecule has 1 aromatic rings. The summed E-state index contributed by atoms with van der Waals surface area (Å²) in [7, 11) is 1.82. The van der Waals surface area contributed by atoms with Crippen LogP contribution in [0.3, 0.4) is 0 Å². The van der Waals surface area contributed by atoms with Crippen molar-refractivity contribution < 1.29 is 19.1 Å². The Balaban J connectivity index is 2.21. The molecule has 0 saturated heterocycles. The van der Waals surface area contributed by atoms with Gasteiger partial charge in [0.1, 0.15) is 0 Å². The van der Waals surface area contributed by atoms with Gasteiger partial charge in [-0.25, -0.2) is 0 Å². The number of likely N-dealkylation sites (N-methyl/N-ethyl adjacent to an activating group) is 1. The minimum absolute atomic E-state index is 0.124.